The predicted molar refractivity (Wildman–Crippen MR) is 117 cm³/mol. The zero-order chi connectivity index (χ0) is 20.4. The van der Waals surface area contributed by atoms with Gasteiger partial charge in [0.05, 0.1) is 4.90 Å². The van der Waals surface area contributed by atoms with Crippen LogP contribution in [0.2, 0.25) is 0 Å². The molecule has 1 aliphatic carbocycles. The Morgan fingerprint density at radius 3 is 2.59 bits per heavy atom. The molecule has 0 radical (unpaired) electrons. The van der Waals surface area contributed by atoms with Crippen molar-refractivity contribution in [2.45, 2.75) is 41.9 Å². The zero-order valence-corrected chi connectivity index (χ0v) is 18.2. The topological polar surface area (TPSA) is 66.5 Å². The lowest BCUT2D eigenvalue weighted by Gasteiger charge is -2.30. The van der Waals surface area contributed by atoms with Crippen LogP contribution in [0.15, 0.2) is 52.3 Å². The van der Waals surface area contributed by atoms with Gasteiger partial charge in [-0.15, -0.1) is 11.8 Å². The fraction of sp³-hybridized carbons (Fsp3) is 0.409. The summed E-state index contributed by atoms with van der Waals surface area (Å²) in [4.78, 5) is 14.1. The number of benzene rings is 2. The van der Waals surface area contributed by atoms with Gasteiger partial charge in [0.2, 0.25) is 15.9 Å². The number of thioether (sulfide) groups is 1. The van der Waals surface area contributed by atoms with E-state index >= 15 is 0 Å². The summed E-state index contributed by atoms with van der Waals surface area (Å²) in [7, 11) is -3.50. The molecule has 0 spiro atoms. The Morgan fingerprint density at radius 1 is 1.07 bits per heavy atom. The maximum Gasteiger partial charge on any atom is 0.243 e. The summed E-state index contributed by atoms with van der Waals surface area (Å²) in [6.07, 6.45) is 6.17. The molecule has 0 saturated carbocycles. The average molecular weight is 431 g/mol. The van der Waals surface area contributed by atoms with Crippen LogP contribution in [0.25, 0.3) is 0 Å². The molecular formula is C22H26N2O3S2. The summed E-state index contributed by atoms with van der Waals surface area (Å²) in [5.41, 5.74) is 3.22. The van der Waals surface area contributed by atoms with Crippen LogP contribution in [0.5, 0.6) is 0 Å². The van der Waals surface area contributed by atoms with Gasteiger partial charge >= 0.3 is 0 Å². The molecule has 7 heteroatoms. The van der Waals surface area contributed by atoms with Crippen LogP contribution in [0.3, 0.4) is 0 Å². The maximum atomic E-state index is 13.0. The van der Waals surface area contributed by atoms with Gasteiger partial charge in [-0.3, -0.25) is 4.79 Å². The Labute approximate surface area is 176 Å². The molecule has 0 aromatic heterocycles. The number of carbonyl (C=O) groups is 1. The van der Waals surface area contributed by atoms with Gasteiger partial charge in [0.1, 0.15) is 0 Å². The number of piperidine rings is 1. The first-order valence-corrected chi connectivity index (χ1v) is 12.7. The Morgan fingerprint density at radius 2 is 1.83 bits per heavy atom. The molecule has 2 aliphatic rings. The third-order valence-corrected chi connectivity index (χ3v) is 8.49. The number of amides is 1. The minimum absolute atomic E-state index is 0.0298. The van der Waals surface area contributed by atoms with E-state index in [1.807, 2.05) is 42.7 Å². The van der Waals surface area contributed by atoms with Crippen LogP contribution >= 0.6 is 11.8 Å². The molecule has 0 bridgehead atoms. The molecule has 0 unspecified atom stereocenters. The van der Waals surface area contributed by atoms with E-state index in [1.165, 1.54) is 9.87 Å². The largest absolute Gasteiger partial charge is 0.326 e. The zero-order valence-electron chi connectivity index (χ0n) is 16.6. The fourth-order valence-electron chi connectivity index (χ4n) is 4.16. The number of hydrogen-bond donors (Lipinski definition) is 1. The highest BCUT2D eigenvalue weighted by molar-refractivity contribution is 7.98. The molecule has 154 valence electrons. The Kier molecular flexibility index (Phi) is 5.99. The average Bonchev–Trinajstić information content (AvgIpc) is 3.22. The molecule has 1 amide bonds. The maximum absolute atomic E-state index is 13.0. The molecule has 0 atom stereocenters. The van der Waals surface area contributed by atoms with Gasteiger partial charge in [0.25, 0.3) is 0 Å². The summed E-state index contributed by atoms with van der Waals surface area (Å²) < 4.78 is 27.6. The first-order chi connectivity index (χ1) is 14.0. The van der Waals surface area contributed by atoms with Crippen LogP contribution in [0.4, 0.5) is 5.69 Å². The van der Waals surface area contributed by atoms with E-state index < -0.39 is 10.0 Å². The van der Waals surface area contributed by atoms with Crippen molar-refractivity contribution >= 4 is 33.4 Å². The Bertz CT molecular complexity index is 1010. The molecule has 2 aromatic rings. The van der Waals surface area contributed by atoms with Crippen molar-refractivity contribution in [2.24, 2.45) is 5.92 Å². The second-order valence-corrected chi connectivity index (χ2v) is 10.5. The molecular weight excluding hydrogens is 404 g/mol. The van der Waals surface area contributed by atoms with Gasteiger partial charge in [-0.25, -0.2) is 8.42 Å². The van der Waals surface area contributed by atoms with Crippen LogP contribution in [-0.4, -0.2) is 38.0 Å². The lowest BCUT2D eigenvalue weighted by Crippen LogP contribution is -2.41. The molecule has 29 heavy (non-hydrogen) atoms. The predicted octanol–water partition coefficient (Wildman–Crippen LogP) is 3.94. The molecule has 1 heterocycles. The molecule has 1 saturated heterocycles. The van der Waals surface area contributed by atoms with Crippen LogP contribution < -0.4 is 5.32 Å². The SMILES string of the molecule is CSc1cccc(NC(=O)C2CCN(S(=O)(=O)c3ccc4c(c3)CCC4)CC2)c1. The van der Waals surface area contributed by atoms with Crippen molar-refractivity contribution < 1.29 is 13.2 Å². The summed E-state index contributed by atoms with van der Waals surface area (Å²) >= 11 is 1.63. The molecule has 4 rings (SSSR count). The second kappa shape index (κ2) is 8.50. The lowest BCUT2D eigenvalue weighted by molar-refractivity contribution is -0.120. The molecule has 2 aromatic carbocycles. The van der Waals surface area contributed by atoms with Gasteiger partial charge in [-0.2, -0.15) is 4.31 Å². The van der Waals surface area contributed by atoms with E-state index in [4.69, 9.17) is 0 Å². The number of carbonyl (C=O) groups excluding carboxylic acids is 1. The van der Waals surface area contributed by atoms with E-state index in [9.17, 15) is 13.2 Å². The minimum Gasteiger partial charge on any atom is -0.326 e. The quantitative estimate of drug-likeness (QED) is 0.730. The standard InChI is InChI=1S/C22H26N2O3S2/c1-28-20-7-3-6-19(15-20)23-22(25)17-10-12-24(13-11-17)29(26,27)21-9-8-16-4-2-5-18(16)14-21/h3,6-9,14-15,17H,2,4-5,10-13H2,1H3,(H,23,25). The van der Waals surface area contributed by atoms with Gasteiger partial charge in [-0.1, -0.05) is 12.1 Å². The van der Waals surface area contributed by atoms with Crippen LogP contribution in [0.1, 0.15) is 30.4 Å². The molecule has 5 nitrogen and oxygen atoms in total. The first-order valence-electron chi connectivity index (χ1n) is 10.0. The first kappa shape index (κ1) is 20.4. The summed E-state index contributed by atoms with van der Waals surface area (Å²) in [6.45, 7) is 0.755. The molecule has 1 aliphatic heterocycles. The minimum atomic E-state index is -3.50. The van der Waals surface area contributed by atoms with Crippen molar-refractivity contribution in [1.29, 1.82) is 0 Å². The number of nitrogens with zero attached hydrogens (tertiary/aromatic N) is 1. The summed E-state index contributed by atoms with van der Waals surface area (Å²) in [6, 6.07) is 13.3. The van der Waals surface area contributed by atoms with E-state index in [1.54, 1.807) is 17.8 Å². The van der Waals surface area contributed by atoms with Gasteiger partial charge < -0.3 is 5.32 Å². The van der Waals surface area contributed by atoms with Crippen molar-refractivity contribution in [3.63, 3.8) is 0 Å². The van der Waals surface area contributed by atoms with Crippen molar-refractivity contribution in [2.75, 3.05) is 24.7 Å². The fourth-order valence-corrected chi connectivity index (χ4v) is 6.14. The van der Waals surface area contributed by atoms with Crippen molar-refractivity contribution in [1.82, 2.24) is 4.31 Å². The Balaban J connectivity index is 1.39. The van der Waals surface area contributed by atoms with Gasteiger partial charge in [0, 0.05) is 29.6 Å². The summed E-state index contributed by atoms with van der Waals surface area (Å²) in [5.74, 6) is -0.197. The number of fused-ring (bicyclic) bond motifs is 1. The van der Waals surface area contributed by atoms with E-state index in [2.05, 4.69) is 5.32 Å². The number of anilines is 1. The summed E-state index contributed by atoms with van der Waals surface area (Å²) in [5, 5.41) is 2.98. The third-order valence-electron chi connectivity index (χ3n) is 5.87. The Hall–Kier alpha value is -1.83. The highest BCUT2D eigenvalue weighted by Crippen LogP contribution is 2.29. The number of sulfonamides is 1. The number of nitrogens with one attached hydrogen (secondary N) is 1. The van der Waals surface area contributed by atoms with E-state index in [-0.39, 0.29) is 11.8 Å². The van der Waals surface area contributed by atoms with Crippen LogP contribution in [0, 0.1) is 5.92 Å². The molecule has 1 N–H and O–H groups in total. The second-order valence-electron chi connectivity index (χ2n) is 7.68. The van der Waals surface area contributed by atoms with Crippen molar-refractivity contribution in [3.8, 4) is 0 Å². The monoisotopic (exact) mass is 430 g/mol. The number of aryl methyl sites for hydroxylation is 2. The third kappa shape index (κ3) is 4.37. The van der Waals surface area contributed by atoms with E-state index in [0.717, 1.165) is 35.4 Å². The van der Waals surface area contributed by atoms with Gasteiger partial charge in [0.15, 0.2) is 0 Å². The number of hydrogen-bond acceptors (Lipinski definition) is 4. The lowest BCUT2D eigenvalue weighted by atomic mass is 9.97. The van der Waals surface area contributed by atoms with E-state index in [0.29, 0.717) is 30.8 Å². The normalized spacial score (nSPS) is 17.8. The van der Waals surface area contributed by atoms with Crippen LogP contribution in [-0.2, 0) is 27.7 Å². The highest BCUT2D eigenvalue weighted by Gasteiger charge is 2.32. The number of rotatable bonds is 5. The molecule has 1 fully saturated rings. The van der Waals surface area contributed by atoms with Crippen molar-refractivity contribution in [3.05, 3.63) is 53.6 Å². The highest BCUT2D eigenvalue weighted by atomic mass is 32.2. The smallest absolute Gasteiger partial charge is 0.243 e. The van der Waals surface area contributed by atoms with Gasteiger partial charge in [-0.05, 0) is 79.8 Å².